The van der Waals surface area contributed by atoms with Gasteiger partial charge in [-0.25, -0.2) is 0 Å². The average Bonchev–Trinajstić information content (AvgIpc) is 3.11. The molecular formula is C16H13F2N5O2S. The second-order valence-electron chi connectivity index (χ2n) is 4.98. The van der Waals surface area contributed by atoms with Crippen LogP contribution in [0.4, 0.5) is 14.5 Å². The molecule has 0 fully saturated rings. The molecule has 3 aromatic rings. The van der Waals surface area contributed by atoms with E-state index in [1.54, 1.807) is 22.9 Å². The van der Waals surface area contributed by atoms with E-state index in [-0.39, 0.29) is 11.7 Å². The van der Waals surface area contributed by atoms with Crippen LogP contribution >= 0.6 is 11.8 Å². The monoisotopic (exact) mass is 377 g/mol. The number of nitrogens with one attached hydrogen (secondary N) is 1. The number of amides is 1. The van der Waals surface area contributed by atoms with Crippen LogP contribution in [0.5, 0.6) is 5.75 Å². The summed E-state index contributed by atoms with van der Waals surface area (Å²) in [5.41, 5.74) is 1.55. The number of anilines is 1. The SMILES string of the molecule is CSc1nnnn1-c1cccc(NC(=O)c2ccc(OC(F)F)cc2)c1. The number of alkyl halides is 2. The number of rotatable bonds is 6. The topological polar surface area (TPSA) is 81.9 Å². The van der Waals surface area contributed by atoms with E-state index in [2.05, 4.69) is 25.6 Å². The molecule has 0 saturated heterocycles. The Morgan fingerprint density at radius 3 is 2.69 bits per heavy atom. The molecule has 0 saturated carbocycles. The first-order valence-corrected chi connectivity index (χ1v) is 8.58. The van der Waals surface area contributed by atoms with E-state index in [9.17, 15) is 13.6 Å². The van der Waals surface area contributed by atoms with Crippen molar-refractivity contribution in [2.45, 2.75) is 11.8 Å². The third kappa shape index (κ3) is 4.14. The normalized spacial score (nSPS) is 10.8. The van der Waals surface area contributed by atoms with Crippen LogP contribution in [-0.2, 0) is 0 Å². The first kappa shape index (κ1) is 17.8. The van der Waals surface area contributed by atoms with Gasteiger partial charge in [-0.05, 0) is 59.1 Å². The minimum atomic E-state index is -2.91. The quantitative estimate of drug-likeness (QED) is 0.664. The zero-order valence-electron chi connectivity index (χ0n) is 13.5. The lowest BCUT2D eigenvalue weighted by Crippen LogP contribution is -2.12. The van der Waals surface area contributed by atoms with Gasteiger partial charge in [0, 0.05) is 11.3 Å². The molecule has 0 aliphatic heterocycles. The standard InChI is InChI=1S/C16H13F2N5O2S/c1-26-16-20-21-22-23(16)12-4-2-3-11(9-12)19-14(24)10-5-7-13(8-6-10)25-15(17)18/h2-9,15H,1H3,(H,19,24). The number of hydrogen-bond donors (Lipinski definition) is 1. The molecule has 0 bridgehead atoms. The molecule has 0 aliphatic carbocycles. The highest BCUT2D eigenvalue weighted by Gasteiger charge is 2.11. The number of benzene rings is 2. The summed E-state index contributed by atoms with van der Waals surface area (Å²) in [5.74, 6) is -0.394. The molecule has 1 amide bonds. The van der Waals surface area contributed by atoms with Crippen LogP contribution in [0.25, 0.3) is 5.69 Å². The number of aromatic nitrogens is 4. The number of tetrazole rings is 1. The van der Waals surface area contributed by atoms with Crippen molar-refractivity contribution < 1.29 is 18.3 Å². The molecule has 0 radical (unpaired) electrons. The minimum Gasteiger partial charge on any atom is -0.435 e. The third-order valence-corrected chi connectivity index (χ3v) is 3.93. The fourth-order valence-electron chi connectivity index (χ4n) is 2.17. The number of hydrogen-bond acceptors (Lipinski definition) is 6. The maximum Gasteiger partial charge on any atom is 0.387 e. The molecule has 7 nitrogen and oxygen atoms in total. The second kappa shape index (κ2) is 7.91. The number of thioether (sulfide) groups is 1. The number of carbonyl (C=O) groups is 1. The maximum atomic E-state index is 12.3. The van der Waals surface area contributed by atoms with Crippen LogP contribution in [0, 0.1) is 0 Å². The third-order valence-electron chi connectivity index (χ3n) is 3.31. The van der Waals surface area contributed by atoms with Gasteiger partial charge in [-0.1, -0.05) is 17.8 Å². The predicted octanol–water partition coefficient (Wildman–Crippen LogP) is 3.24. The fourth-order valence-corrected chi connectivity index (χ4v) is 2.61. The molecule has 1 N–H and O–H groups in total. The van der Waals surface area contributed by atoms with Crippen molar-refractivity contribution >= 4 is 23.4 Å². The van der Waals surface area contributed by atoms with Gasteiger partial charge >= 0.3 is 6.61 Å². The summed E-state index contributed by atoms with van der Waals surface area (Å²) in [6.07, 6.45) is 1.86. The van der Waals surface area contributed by atoms with Gasteiger partial charge in [0.2, 0.25) is 5.16 Å². The minimum absolute atomic E-state index is 0.0122. The van der Waals surface area contributed by atoms with E-state index in [1.807, 2.05) is 12.3 Å². The lowest BCUT2D eigenvalue weighted by molar-refractivity contribution is -0.0498. The van der Waals surface area contributed by atoms with Gasteiger partial charge < -0.3 is 10.1 Å². The summed E-state index contributed by atoms with van der Waals surface area (Å²) < 4.78 is 30.1. The van der Waals surface area contributed by atoms with Gasteiger partial charge in [-0.3, -0.25) is 4.79 Å². The Morgan fingerprint density at radius 2 is 2.00 bits per heavy atom. The predicted molar refractivity (Wildman–Crippen MR) is 92.0 cm³/mol. The van der Waals surface area contributed by atoms with Crippen molar-refractivity contribution in [2.24, 2.45) is 0 Å². The zero-order valence-corrected chi connectivity index (χ0v) is 14.3. The zero-order chi connectivity index (χ0) is 18.5. The second-order valence-corrected chi connectivity index (χ2v) is 5.76. The molecule has 1 heterocycles. The van der Waals surface area contributed by atoms with Gasteiger partial charge in [-0.2, -0.15) is 13.5 Å². The Morgan fingerprint density at radius 1 is 1.23 bits per heavy atom. The molecule has 10 heteroatoms. The molecule has 26 heavy (non-hydrogen) atoms. The largest absolute Gasteiger partial charge is 0.435 e. The Balaban J connectivity index is 1.74. The van der Waals surface area contributed by atoms with Crippen LogP contribution in [0.2, 0.25) is 0 Å². The van der Waals surface area contributed by atoms with Crippen molar-refractivity contribution in [3.05, 3.63) is 54.1 Å². The summed E-state index contributed by atoms with van der Waals surface area (Å²) in [7, 11) is 0. The van der Waals surface area contributed by atoms with Gasteiger partial charge in [-0.15, -0.1) is 5.10 Å². The molecule has 2 aromatic carbocycles. The maximum absolute atomic E-state index is 12.3. The summed E-state index contributed by atoms with van der Waals surface area (Å²) in [5, 5.41) is 14.8. The van der Waals surface area contributed by atoms with Crippen molar-refractivity contribution in [2.75, 3.05) is 11.6 Å². The lowest BCUT2D eigenvalue weighted by Gasteiger charge is -2.09. The highest BCUT2D eigenvalue weighted by molar-refractivity contribution is 7.98. The van der Waals surface area contributed by atoms with E-state index >= 15 is 0 Å². The average molecular weight is 377 g/mol. The van der Waals surface area contributed by atoms with E-state index in [4.69, 9.17) is 0 Å². The molecular weight excluding hydrogens is 364 g/mol. The molecule has 0 atom stereocenters. The first-order valence-electron chi connectivity index (χ1n) is 7.36. The van der Waals surface area contributed by atoms with E-state index in [1.165, 1.54) is 36.0 Å². The van der Waals surface area contributed by atoms with Crippen LogP contribution in [0.3, 0.4) is 0 Å². The van der Waals surface area contributed by atoms with Crippen molar-refractivity contribution in [3.8, 4) is 11.4 Å². The fraction of sp³-hybridized carbons (Fsp3) is 0.125. The summed E-state index contributed by atoms with van der Waals surface area (Å²) in [6, 6.07) is 12.4. The van der Waals surface area contributed by atoms with Gasteiger partial charge in [0.05, 0.1) is 5.69 Å². The van der Waals surface area contributed by atoms with Crippen molar-refractivity contribution in [1.29, 1.82) is 0 Å². The molecule has 0 aliphatic rings. The molecule has 0 spiro atoms. The van der Waals surface area contributed by atoms with Crippen molar-refractivity contribution in [1.82, 2.24) is 20.2 Å². The molecule has 134 valence electrons. The Hall–Kier alpha value is -3.01. The van der Waals surface area contributed by atoms with E-state index in [0.717, 1.165) is 0 Å². The van der Waals surface area contributed by atoms with Gasteiger partial charge in [0.15, 0.2) is 0 Å². The first-order chi connectivity index (χ1) is 12.6. The number of halogens is 2. The van der Waals surface area contributed by atoms with Crippen LogP contribution < -0.4 is 10.1 Å². The lowest BCUT2D eigenvalue weighted by atomic mass is 10.2. The molecule has 1 aromatic heterocycles. The Bertz CT molecular complexity index is 902. The molecule has 3 rings (SSSR count). The number of ether oxygens (including phenoxy) is 1. The molecule has 0 unspecified atom stereocenters. The Labute approximate surface area is 151 Å². The number of nitrogens with zero attached hydrogens (tertiary/aromatic N) is 4. The van der Waals surface area contributed by atoms with Gasteiger partial charge in [0.25, 0.3) is 5.91 Å². The smallest absolute Gasteiger partial charge is 0.387 e. The number of carbonyl (C=O) groups excluding carboxylic acids is 1. The van der Waals surface area contributed by atoms with Crippen molar-refractivity contribution in [3.63, 3.8) is 0 Å². The van der Waals surface area contributed by atoms with E-state index < -0.39 is 6.61 Å². The Kier molecular flexibility index (Phi) is 5.42. The summed E-state index contributed by atoms with van der Waals surface area (Å²) in [6.45, 7) is -2.91. The van der Waals surface area contributed by atoms with Crippen LogP contribution in [0.1, 0.15) is 10.4 Å². The van der Waals surface area contributed by atoms with Crippen LogP contribution in [-0.4, -0.2) is 39.0 Å². The highest BCUT2D eigenvalue weighted by atomic mass is 32.2. The van der Waals surface area contributed by atoms with E-state index in [0.29, 0.717) is 22.1 Å². The van der Waals surface area contributed by atoms with Gasteiger partial charge in [0.1, 0.15) is 5.75 Å². The summed E-state index contributed by atoms with van der Waals surface area (Å²) in [4.78, 5) is 12.3. The van der Waals surface area contributed by atoms with Crippen LogP contribution in [0.15, 0.2) is 53.7 Å². The highest BCUT2D eigenvalue weighted by Crippen LogP contribution is 2.20. The summed E-state index contributed by atoms with van der Waals surface area (Å²) >= 11 is 1.39.